The summed E-state index contributed by atoms with van der Waals surface area (Å²) < 4.78 is 6.00. The molecule has 32 heavy (non-hydrogen) atoms. The lowest BCUT2D eigenvalue weighted by atomic mass is 9.84. The first-order valence-electron chi connectivity index (χ1n) is 10.7. The van der Waals surface area contributed by atoms with Crippen LogP contribution < -0.4 is 15.5 Å². The summed E-state index contributed by atoms with van der Waals surface area (Å²) in [6, 6.07) is 15.8. The molecule has 172 valence electrons. The summed E-state index contributed by atoms with van der Waals surface area (Å²) in [4.78, 5) is 37.9. The van der Waals surface area contributed by atoms with Crippen LogP contribution in [0.1, 0.15) is 44.1 Å². The highest BCUT2D eigenvalue weighted by molar-refractivity contribution is 5.97. The highest BCUT2D eigenvalue weighted by Crippen LogP contribution is 2.27. The number of nitrogens with one attached hydrogen (secondary N) is 2. The molecule has 0 saturated heterocycles. The molecule has 1 amide bonds. The Balaban J connectivity index is 2.41. The van der Waals surface area contributed by atoms with Crippen LogP contribution in [0.2, 0.25) is 0 Å². The van der Waals surface area contributed by atoms with Gasteiger partial charge in [0.1, 0.15) is 11.8 Å². The molecule has 0 radical (unpaired) electrons. The number of carbonyl (C=O) groups is 3. The van der Waals surface area contributed by atoms with E-state index in [4.69, 9.17) is 9.94 Å². The van der Waals surface area contributed by atoms with Crippen LogP contribution in [-0.2, 0) is 14.4 Å². The van der Waals surface area contributed by atoms with Crippen LogP contribution in [0.4, 0.5) is 0 Å². The van der Waals surface area contributed by atoms with Crippen LogP contribution in [0, 0.1) is 0 Å². The fourth-order valence-electron chi connectivity index (χ4n) is 3.47. The van der Waals surface area contributed by atoms with E-state index in [1.165, 1.54) is 0 Å². The number of aliphatic carboxylic acids is 1. The van der Waals surface area contributed by atoms with Crippen molar-refractivity contribution >= 4 is 17.7 Å². The number of carbonyl (C=O) groups excluding carboxylic acids is 2. The molecule has 0 unspecified atom stereocenters. The second kappa shape index (κ2) is 13.2. The minimum absolute atomic E-state index is 0.420. The Labute approximate surface area is 187 Å². The van der Waals surface area contributed by atoms with Crippen molar-refractivity contribution in [1.82, 2.24) is 10.8 Å². The summed E-state index contributed by atoms with van der Waals surface area (Å²) in [6.07, 6.45) is 2.13. The Kier molecular flexibility index (Phi) is 10.4. The molecule has 0 bridgehead atoms. The van der Waals surface area contributed by atoms with Crippen LogP contribution >= 0.6 is 0 Å². The molecule has 2 aromatic carbocycles. The topological polar surface area (TPSA) is 125 Å². The normalized spacial score (nSPS) is 13.6. The van der Waals surface area contributed by atoms with Gasteiger partial charge < -0.3 is 20.4 Å². The largest absolute Gasteiger partial charge is 0.483 e. The van der Waals surface area contributed by atoms with Crippen molar-refractivity contribution in [3.8, 4) is 5.75 Å². The average Bonchev–Trinajstić information content (AvgIpc) is 2.79. The van der Waals surface area contributed by atoms with E-state index in [9.17, 15) is 19.5 Å². The van der Waals surface area contributed by atoms with Gasteiger partial charge in [-0.05, 0) is 30.5 Å². The van der Waals surface area contributed by atoms with E-state index in [0.717, 1.165) is 19.3 Å². The smallest absolute Gasteiger partial charge is 0.327 e. The number of rotatable bonds is 14. The molecule has 0 aliphatic carbocycles. The fourth-order valence-corrected chi connectivity index (χ4v) is 3.47. The summed E-state index contributed by atoms with van der Waals surface area (Å²) in [5.74, 6) is -3.20. The third kappa shape index (κ3) is 7.47. The van der Waals surface area contributed by atoms with E-state index < -0.39 is 42.3 Å². The van der Waals surface area contributed by atoms with Gasteiger partial charge in [-0.3, -0.25) is 9.59 Å². The molecule has 0 saturated carbocycles. The highest BCUT2D eigenvalue weighted by atomic mass is 16.5. The monoisotopic (exact) mass is 442 g/mol. The maximum Gasteiger partial charge on any atom is 0.327 e. The first kappa shape index (κ1) is 25.0. The number of carboxylic acids is 1. The Hall–Kier alpha value is -3.23. The molecule has 2 rings (SSSR count). The number of hydrogen-bond donors (Lipinski definition) is 4. The molecule has 3 atom stereocenters. The number of benzene rings is 2. The highest BCUT2D eigenvalue weighted by Gasteiger charge is 2.40. The molecule has 2 aromatic rings. The number of amides is 1. The standard InChI is InChI=1S/C24H30N2O6/c1-2-3-6-15-19(32-18-13-9-5-10-14-18)23(28)21(17-11-7-4-8-12-17)22(24(29)30)26-20(27)16-25-31/h4-5,7-14,19,21-22,25,31H,2-3,6,15-16H2,1H3,(H,26,27)(H,29,30)/t19-,21-,22-/m1/s1. The Morgan fingerprint density at radius 3 is 2.16 bits per heavy atom. The van der Waals surface area contributed by atoms with E-state index in [1.807, 2.05) is 13.0 Å². The molecule has 0 spiro atoms. The van der Waals surface area contributed by atoms with Gasteiger partial charge in [-0.25, -0.2) is 4.79 Å². The van der Waals surface area contributed by atoms with Crippen LogP contribution in [-0.4, -0.2) is 46.7 Å². The third-order valence-corrected chi connectivity index (χ3v) is 5.03. The first-order chi connectivity index (χ1) is 15.5. The van der Waals surface area contributed by atoms with Gasteiger partial charge in [-0.15, -0.1) is 0 Å². The molecule has 8 heteroatoms. The molecule has 0 aliphatic rings. The first-order valence-corrected chi connectivity index (χ1v) is 10.7. The predicted octanol–water partition coefficient (Wildman–Crippen LogP) is 2.92. The second-order valence-electron chi connectivity index (χ2n) is 7.42. The van der Waals surface area contributed by atoms with Crippen molar-refractivity contribution in [3.05, 3.63) is 66.2 Å². The lowest BCUT2D eigenvalue weighted by Crippen LogP contribution is -2.51. The zero-order valence-corrected chi connectivity index (χ0v) is 18.1. The Morgan fingerprint density at radius 2 is 1.59 bits per heavy atom. The predicted molar refractivity (Wildman–Crippen MR) is 119 cm³/mol. The van der Waals surface area contributed by atoms with Crippen LogP contribution in [0.5, 0.6) is 5.75 Å². The van der Waals surface area contributed by atoms with Crippen molar-refractivity contribution in [2.75, 3.05) is 6.54 Å². The number of Topliss-reactive ketones (excluding diaryl/α,β-unsaturated/α-hetero) is 1. The summed E-state index contributed by atoms with van der Waals surface area (Å²) in [7, 11) is 0. The van der Waals surface area contributed by atoms with Gasteiger partial charge in [-0.1, -0.05) is 68.3 Å². The lowest BCUT2D eigenvalue weighted by molar-refractivity contribution is -0.145. The van der Waals surface area contributed by atoms with Crippen molar-refractivity contribution in [2.24, 2.45) is 0 Å². The minimum Gasteiger partial charge on any atom is -0.483 e. The minimum atomic E-state index is -1.53. The van der Waals surface area contributed by atoms with Gasteiger partial charge >= 0.3 is 5.97 Å². The molecule has 0 aliphatic heterocycles. The Morgan fingerprint density at radius 1 is 0.969 bits per heavy atom. The maximum absolute atomic E-state index is 13.7. The third-order valence-electron chi connectivity index (χ3n) is 5.03. The van der Waals surface area contributed by atoms with E-state index in [0.29, 0.717) is 17.7 Å². The number of para-hydroxylation sites is 1. The van der Waals surface area contributed by atoms with Gasteiger partial charge in [0, 0.05) is 0 Å². The van der Waals surface area contributed by atoms with Crippen molar-refractivity contribution in [1.29, 1.82) is 0 Å². The molecule has 8 nitrogen and oxygen atoms in total. The SMILES string of the molecule is CCCCC[C@@H](Oc1ccccc1)C(=O)[C@H](c1ccccc1)[C@@H](NC(=O)CNO)C(=O)O. The number of hydrogen-bond acceptors (Lipinski definition) is 6. The Bertz CT molecular complexity index is 859. The number of hydroxylamine groups is 1. The van der Waals surface area contributed by atoms with Crippen molar-refractivity contribution in [3.63, 3.8) is 0 Å². The number of ether oxygens (including phenoxy) is 1. The van der Waals surface area contributed by atoms with Gasteiger partial charge in [-0.2, -0.15) is 5.48 Å². The fraction of sp³-hybridized carbons (Fsp3) is 0.375. The van der Waals surface area contributed by atoms with Gasteiger partial charge in [0.15, 0.2) is 11.9 Å². The van der Waals surface area contributed by atoms with Crippen molar-refractivity contribution < 1.29 is 29.4 Å². The van der Waals surface area contributed by atoms with Gasteiger partial charge in [0.2, 0.25) is 5.91 Å². The molecule has 0 aromatic heterocycles. The molecule has 4 N–H and O–H groups in total. The molecule has 0 heterocycles. The molecular formula is C24H30N2O6. The number of ketones is 1. The summed E-state index contributed by atoms with van der Waals surface area (Å²) >= 11 is 0. The summed E-state index contributed by atoms with van der Waals surface area (Å²) in [5.41, 5.74) is 2.15. The van der Waals surface area contributed by atoms with Crippen molar-refractivity contribution in [2.45, 2.75) is 50.7 Å². The zero-order valence-electron chi connectivity index (χ0n) is 18.1. The summed E-state index contributed by atoms with van der Waals surface area (Å²) in [5, 5.41) is 21.0. The lowest BCUT2D eigenvalue weighted by Gasteiger charge is -2.28. The van der Waals surface area contributed by atoms with Gasteiger partial charge in [0.05, 0.1) is 12.5 Å². The van der Waals surface area contributed by atoms with E-state index in [2.05, 4.69) is 5.32 Å². The number of carboxylic acid groups (broad SMARTS) is 1. The molecular weight excluding hydrogens is 412 g/mol. The van der Waals surface area contributed by atoms with E-state index >= 15 is 0 Å². The van der Waals surface area contributed by atoms with E-state index in [1.54, 1.807) is 60.1 Å². The number of unbranched alkanes of at least 4 members (excludes halogenated alkanes) is 2. The quantitative estimate of drug-likeness (QED) is 0.262. The van der Waals surface area contributed by atoms with Crippen LogP contribution in [0.3, 0.4) is 0 Å². The second-order valence-corrected chi connectivity index (χ2v) is 7.42. The zero-order chi connectivity index (χ0) is 23.3. The maximum atomic E-state index is 13.7. The molecule has 0 fully saturated rings. The average molecular weight is 443 g/mol. The van der Waals surface area contributed by atoms with Crippen LogP contribution in [0.25, 0.3) is 0 Å². The van der Waals surface area contributed by atoms with Crippen LogP contribution in [0.15, 0.2) is 60.7 Å². The summed E-state index contributed by atoms with van der Waals surface area (Å²) in [6.45, 7) is 1.55. The van der Waals surface area contributed by atoms with E-state index in [-0.39, 0.29) is 0 Å². The van der Waals surface area contributed by atoms with Gasteiger partial charge in [0.25, 0.3) is 0 Å².